The summed E-state index contributed by atoms with van der Waals surface area (Å²) in [5.74, 6) is 0.446. The minimum atomic E-state index is -0.681. The highest BCUT2D eigenvalue weighted by Gasteiger charge is 2.30. The van der Waals surface area contributed by atoms with Crippen molar-refractivity contribution in [1.82, 2.24) is 15.1 Å². The summed E-state index contributed by atoms with van der Waals surface area (Å²) in [5.41, 5.74) is 2.75. The molecule has 1 N–H and O–H groups in total. The number of carbonyl (C=O) groups excluding carboxylic acids is 2. The van der Waals surface area contributed by atoms with Gasteiger partial charge in [-0.25, -0.2) is 0 Å². The third-order valence-electron chi connectivity index (χ3n) is 6.88. The second kappa shape index (κ2) is 14.7. The Morgan fingerprint density at radius 2 is 1.62 bits per heavy atom. The van der Waals surface area contributed by atoms with E-state index in [1.54, 1.807) is 24.1 Å². The van der Waals surface area contributed by atoms with Gasteiger partial charge in [-0.2, -0.15) is 0 Å². The number of hydrogen-bond acceptors (Lipinski definition) is 5. The van der Waals surface area contributed by atoms with Crippen LogP contribution in [0, 0.1) is 0 Å². The van der Waals surface area contributed by atoms with E-state index in [1.165, 1.54) is 0 Å². The molecule has 4 rings (SSSR count). The van der Waals surface area contributed by atoms with Crippen LogP contribution in [0.4, 0.5) is 0 Å². The third-order valence-corrected chi connectivity index (χ3v) is 7.13. The minimum Gasteiger partial charge on any atom is -0.497 e. The van der Waals surface area contributed by atoms with Crippen molar-refractivity contribution in [3.63, 3.8) is 0 Å². The second-order valence-electron chi connectivity index (χ2n) is 9.62. The number of carbonyl (C=O) groups is 2. The summed E-state index contributed by atoms with van der Waals surface area (Å²) in [6.45, 7) is 4.67. The molecule has 3 aromatic carbocycles. The molecule has 0 aliphatic carbocycles. The Kier molecular flexibility index (Phi) is 10.8. The first kappa shape index (κ1) is 28.6. The topological polar surface area (TPSA) is 71.1 Å². The van der Waals surface area contributed by atoms with Gasteiger partial charge >= 0.3 is 0 Å². The average molecular weight is 550 g/mol. The zero-order valence-corrected chi connectivity index (χ0v) is 23.1. The van der Waals surface area contributed by atoms with Crippen molar-refractivity contribution in [3.05, 3.63) is 101 Å². The van der Waals surface area contributed by atoms with Gasteiger partial charge < -0.3 is 19.7 Å². The van der Waals surface area contributed by atoms with Crippen LogP contribution in [0.5, 0.6) is 5.75 Å². The van der Waals surface area contributed by atoms with Gasteiger partial charge in [0.2, 0.25) is 11.8 Å². The number of halogens is 1. The van der Waals surface area contributed by atoms with E-state index in [0.717, 1.165) is 42.1 Å². The lowest BCUT2D eigenvalue weighted by Gasteiger charge is -2.32. The predicted molar refractivity (Wildman–Crippen MR) is 153 cm³/mol. The van der Waals surface area contributed by atoms with Gasteiger partial charge in [-0.1, -0.05) is 66.2 Å². The fraction of sp³-hybridized carbons (Fsp3) is 0.355. The maximum Gasteiger partial charge on any atom is 0.243 e. The average Bonchev–Trinajstić information content (AvgIpc) is 2.97. The van der Waals surface area contributed by atoms with E-state index in [4.69, 9.17) is 21.1 Å². The van der Waals surface area contributed by atoms with E-state index >= 15 is 0 Å². The fourth-order valence-corrected chi connectivity index (χ4v) is 4.77. The summed E-state index contributed by atoms with van der Waals surface area (Å²) < 4.78 is 10.7. The summed E-state index contributed by atoms with van der Waals surface area (Å²) >= 11 is 6.06. The Bertz CT molecular complexity index is 1180. The van der Waals surface area contributed by atoms with E-state index in [1.807, 2.05) is 66.7 Å². The lowest BCUT2D eigenvalue weighted by atomic mass is 10.0. The summed E-state index contributed by atoms with van der Waals surface area (Å²) in [6.07, 6.45) is 0.576. The zero-order chi connectivity index (χ0) is 27.5. The Morgan fingerprint density at radius 3 is 2.28 bits per heavy atom. The molecule has 1 aliphatic heterocycles. The van der Waals surface area contributed by atoms with Gasteiger partial charge in [-0.15, -0.1) is 0 Å². The lowest BCUT2D eigenvalue weighted by Crippen LogP contribution is -2.52. The van der Waals surface area contributed by atoms with E-state index in [2.05, 4.69) is 10.2 Å². The van der Waals surface area contributed by atoms with Crippen LogP contribution >= 0.6 is 11.6 Å². The van der Waals surface area contributed by atoms with E-state index in [9.17, 15) is 9.59 Å². The molecule has 2 amide bonds. The van der Waals surface area contributed by atoms with Crippen LogP contribution in [0.3, 0.4) is 0 Å². The van der Waals surface area contributed by atoms with Crippen LogP contribution in [-0.4, -0.2) is 74.2 Å². The first-order valence-corrected chi connectivity index (χ1v) is 13.7. The van der Waals surface area contributed by atoms with Gasteiger partial charge in [0.25, 0.3) is 0 Å². The molecule has 3 aromatic rings. The number of morpholine rings is 1. The maximum absolute atomic E-state index is 13.8. The van der Waals surface area contributed by atoms with Crippen molar-refractivity contribution in [2.45, 2.75) is 25.4 Å². The molecule has 1 aliphatic rings. The number of rotatable bonds is 12. The monoisotopic (exact) mass is 549 g/mol. The number of ether oxygens (including phenoxy) is 2. The Hall–Kier alpha value is -3.39. The predicted octanol–water partition coefficient (Wildman–Crippen LogP) is 3.98. The van der Waals surface area contributed by atoms with Gasteiger partial charge in [0, 0.05) is 44.2 Å². The molecule has 0 spiro atoms. The first-order valence-electron chi connectivity index (χ1n) is 13.3. The van der Waals surface area contributed by atoms with Crippen LogP contribution in [0.15, 0.2) is 78.9 Å². The minimum absolute atomic E-state index is 0.127. The van der Waals surface area contributed by atoms with Crippen LogP contribution in [0.25, 0.3) is 0 Å². The molecule has 1 atom stereocenters. The highest BCUT2D eigenvalue weighted by molar-refractivity contribution is 6.30. The molecule has 7 nitrogen and oxygen atoms in total. The van der Waals surface area contributed by atoms with Crippen LogP contribution in [0.1, 0.15) is 16.7 Å². The fourth-order valence-electron chi connectivity index (χ4n) is 4.64. The van der Waals surface area contributed by atoms with Crippen LogP contribution < -0.4 is 10.1 Å². The molecular formula is C31H36ClN3O4. The zero-order valence-electron chi connectivity index (χ0n) is 22.4. The van der Waals surface area contributed by atoms with E-state index < -0.39 is 6.04 Å². The van der Waals surface area contributed by atoms with Crippen molar-refractivity contribution >= 4 is 23.4 Å². The molecule has 0 aromatic heterocycles. The summed E-state index contributed by atoms with van der Waals surface area (Å²) in [6, 6.07) is 24.0. The number of benzene rings is 3. The summed E-state index contributed by atoms with van der Waals surface area (Å²) in [5, 5.41) is 3.72. The first-order chi connectivity index (χ1) is 19.0. The molecule has 1 saturated heterocycles. The molecular weight excluding hydrogens is 514 g/mol. The number of nitrogens with one attached hydrogen (secondary N) is 1. The van der Waals surface area contributed by atoms with Crippen molar-refractivity contribution in [2.75, 3.05) is 46.5 Å². The third kappa shape index (κ3) is 8.82. The summed E-state index contributed by atoms with van der Waals surface area (Å²) in [7, 11) is 1.62. The number of hydrogen-bond donors (Lipinski definition) is 1. The van der Waals surface area contributed by atoms with Gasteiger partial charge in [0.05, 0.1) is 26.7 Å². The highest BCUT2D eigenvalue weighted by atomic mass is 35.5. The molecule has 206 valence electrons. The Balaban J connectivity index is 1.57. The van der Waals surface area contributed by atoms with Crippen molar-refractivity contribution in [2.24, 2.45) is 0 Å². The molecule has 0 radical (unpaired) electrons. The Morgan fingerprint density at radius 1 is 0.949 bits per heavy atom. The molecule has 1 heterocycles. The molecule has 0 saturated carbocycles. The summed E-state index contributed by atoms with van der Waals surface area (Å²) in [4.78, 5) is 31.6. The van der Waals surface area contributed by atoms with Gasteiger partial charge in [-0.05, 0) is 41.0 Å². The van der Waals surface area contributed by atoms with Gasteiger partial charge in [0.15, 0.2) is 0 Å². The van der Waals surface area contributed by atoms with Crippen molar-refractivity contribution < 1.29 is 19.1 Å². The lowest BCUT2D eigenvalue weighted by molar-refractivity contribution is -0.140. The Labute approximate surface area is 235 Å². The quantitative estimate of drug-likeness (QED) is 0.370. The SMILES string of the molecule is COc1ccc(CN(C(=O)Cc2ccc(Cl)cc2)[C@H](Cc2ccccc2)C(=O)NCCN2CCOCC2)cc1. The number of amides is 2. The molecule has 39 heavy (non-hydrogen) atoms. The highest BCUT2D eigenvalue weighted by Crippen LogP contribution is 2.19. The van der Waals surface area contributed by atoms with Crippen molar-refractivity contribution in [3.8, 4) is 5.75 Å². The largest absolute Gasteiger partial charge is 0.497 e. The number of nitrogens with zero attached hydrogens (tertiary/aromatic N) is 2. The molecule has 1 fully saturated rings. The molecule has 8 heteroatoms. The van der Waals surface area contributed by atoms with Crippen molar-refractivity contribution in [1.29, 1.82) is 0 Å². The van der Waals surface area contributed by atoms with Crippen LogP contribution in [-0.2, 0) is 33.7 Å². The normalized spacial score (nSPS) is 14.4. The van der Waals surface area contributed by atoms with E-state index in [-0.39, 0.29) is 18.2 Å². The molecule has 0 bridgehead atoms. The molecule has 0 unspecified atom stereocenters. The van der Waals surface area contributed by atoms with E-state index in [0.29, 0.717) is 37.7 Å². The smallest absolute Gasteiger partial charge is 0.243 e. The number of methoxy groups -OCH3 is 1. The van der Waals surface area contributed by atoms with Crippen LogP contribution in [0.2, 0.25) is 5.02 Å². The van der Waals surface area contributed by atoms with Gasteiger partial charge in [-0.3, -0.25) is 14.5 Å². The maximum atomic E-state index is 13.8. The second-order valence-corrected chi connectivity index (χ2v) is 10.1. The standard InChI is InChI=1S/C31H36ClN3O4/c1-38-28-13-9-26(10-14-28)23-35(30(36)22-25-7-11-27(32)12-8-25)29(21-24-5-3-2-4-6-24)31(37)33-15-16-34-17-19-39-20-18-34/h2-14,29H,15-23H2,1H3,(H,33,37)/t29-/m1/s1. The van der Waals surface area contributed by atoms with Gasteiger partial charge in [0.1, 0.15) is 11.8 Å².